The molecule has 2 aromatic rings. The molecule has 0 aliphatic carbocycles. The zero-order chi connectivity index (χ0) is 10.7. The minimum absolute atomic E-state index is 0.451. The van der Waals surface area contributed by atoms with E-state index in [1.54, 1.807) is 11.3 Å². The second kappa shape index (κ2) is 4.40. The monoisotopic (exact) mass is 219 g/mol. The third kappa shape index (κ3) is 2.53. The van der Waals surface area contributed by atoms with Crippen molar-refractivity contribution in [3.8, 4) is 0 Å². The number of thiazole rings is 1. The van der Waals surface area contributed by atoms with Gasteiger partial charge in [-0.3, -0.25) is 5.43 Å². The lowest BCUT2D eigenvalue weighted by atomic mass is 10.3. The Kier molecular flexibility index (Phi) is 2.97. The molecule has 0 saturated heterocycles. The van der Waals surface area contributed by atoms with Crippen LogP contribution in [0.3, 0.4) is 0 Å². The molecule has 0 atom stereocenters. The zero-order valence-corrected chi connectivity index (χ0v) is 9.58. The van der Waals surface area contributed by atoms with Crippen molar-refractivity contribution >= 4 is 32.9 Å². The molecule has 0 bridgehead atoms. The molecular formula is C11H13N3S. The van der Waals surface area contributed by atoms with Gasteiger partial charge in [-0.25, -0.2) is 4.98 Å². The van der Waals surface area contributed by atoms with Crippen molar-refractivity contribution in [2.75, 3.05) is 5.43 Å². The summed E-state index contributed by atoms with van der Waals surface area (Å²) in [5.41, 5.74) is 3.96. The van der Waals surface area contributed by atoms with Gasteiger partial charge in [-0.1, -0.05) is 37.3 Å². The van der Waals surface area contributed by atoms with Crippen LogP contribution >= 0.6 is 11.3 Å². The van der Waals surface area contributed by atoms with Crippen molar-refractivity contribution in [1.29, 1.82) is 0 Å². The van der Waals surface area contributed by atoms with Gasteiger partial charge in [-0.2, -0.15) is 5.10 Å². The fourth-order valence-corrected chi connectivity index (χ4v) is 1.98. The summed E-state index contributed by atoms with van der Waals surface area (Å²) in [4.78, 5) is 4.40. The fraction of sp³-hybridized carbons (Fsp3) is 0.273. The van der Waals surface area contributed by atoms with Crippen LogP contribution in [0.1, 0.15) is 13.8 Å². The molecule has 15 heavy (non-hydrogen) atoms. The average molecular weight is 219 g/mol. The van der Waals surface area contributed by atoms with Gasteiger partial charge in [0.05, 0.1) is 10.2 Å². The van der Waals surface area contributed by atoms with Gasteiger partial charge >= 0.3 is 0 Å². The number of para-hydroxylation sites is 1. The summed E-state index contributed by atoms with van der Waals surface area (Å²) in [5.74, 6) is 0.451. The van der Waals surface area contributed by atoms with Crippen molar-refractivity contribution < 1.29 is 0 Å². The summed E-state index contributed by atoms with van der Waals surface area (Å²) in [6.45, 7) is 4.17. The van der Waals surface area contributed by atoms with Crippen LogP contribution in [-0.4, -0.2) is 11.2 Å². The zero-order valence-electron chi connectivity index (χ0n) is 8.77. The van der Waals surface area contributed by atoms with Gasteiger partial charge in [0.1, 0.15) is 0 Å². The predicted molar refractivity (Wildman–Crippen MR) is 66.6 cm³/mol. The first kappa shape index (κ1) is 10.1. The normalized spacial score (nSPS) is 11.7. The van der Waals surface area contributed by atoms with Gasteiger partial charge < -0.3 is 0 Å². The molecule has 0 spiro atoms. The van der Waals surface area contributed by atoms with Gasteiger partial charge in [-0.15, -0.1) is 0 Å². The highest BCUT2D eigenvalue weighted by molar-refractivity contribution is 7.22. The largest absolute Gasteiger partial charge is 0.253 e. The lowest BCUT2D eigenvalue weighted by Crippen LogP contribution is -1.93. The Balaban J connectivity index is 2.15. The second-order valence-electron chi connectivity index (χ2n) is 3.62. The van der Waals surface area contributed by atoms with E-state index in [0.717, 1.165) is 10.6 Å². The van der Waals surface area contributed by atoms with E-state index >= 15 is 0 Å². The van der Waals surface area contributed by atoms with Crippen molar-refractivity contribution in [2.45, 2.75) is 13.8 Å². The summed E-state index contributed by atoms with van der Waals surface area (Å²) >= 11 is 1.61. The van der Waals surface area contributed by atoms with E-state index < -0.39 is 0 Å². The van der Waals surface area contributed by atoms with Crippen LogP contribution < -0.4 is 5.43 Å². The summed E-state index contributed by atoms with van der Waals surface area (Å²) in [5, 5.41) is 4.95. The Hall–Kier alpha value is -1.42. The number of benzene rings is 1. The lowest BCUT2D eigenvalue weighted by molar-refractivity contribution is 0.904. The number of nitrogens with zero attached hydrogens (tertiary/aromatic N) is 2. The summed E-state index contributed by atoms with van der Waals surface area (Å²) in [6.07, 6.45) is 1.87. The number of anilines is 1. The maximum atomic E-state index is 4.40. The summed E-state index contributed by atoms with van der Waals surface area (Å²) < 4.78 is 1.18. The predicted octanol–water partition coefficient (Wildman–Crippen LogP) is 3.35. The molecule has 0 aliphatic heterocycles. The van der Waals surface area contributed by atoms with Crippen LogP contribution in [0.4, 0.5) is 5.13 Å². The number of nitrogens with one attached hydrogen (secondary N) is 1. The molecule has 4 heteroatoms. The van der Waals surface area contributed by atoms with Crippen molar-refractivity contribution in [2.24, 2.45) is 11.0 Å². The van der Waals surface area contributed by atoms with Gasteiger partial charge in [0.2, 0.25) is 5.13 Å². The van der Waals surface area contributed by atoms with Gasteiger partial charge in [0.15, 0.2) is 0 Å². The van der Waals surface area contributed by atoms with E-state index in [4.69, 9.17) is 0 Å². The molecule has 1 N–H and O–H groups in total. The molecule has 0 aliphatic rings. The Morgan fingerprint density at radius 3 is 2.93 bits per heavy atom. The average Bonchev–Trinajstić information content (AvgIpc) is 2.59. The first-order valence-corrected chi connectivity index (χ1v) is 5.72. The smallest absolute Gasteiger partial charge is 0.204 e. The Morgan fingerprint density at radius 2 is 2.20 bits per heavy atom. The molecule has 0 saturated carbocycles. The van der Waals surface area contributed by atoms with Crippen LogP contribution in [0.15, 0.2) is 29.4 Å². The topological polar surface area (TPSA) is 37.3 Å². The highest BCUT2D eigenvalue weighted by Crippen LogP contribution is 2.25. The first-order valence-electron chi connectivity index (χ1n) is 4.90. The van der Waals surface area contributed by atoms with E-state index in [-0.39, 0.29) is 0 Å². The molecule has 1 aromatic carbocycles. The minimum atomic E-state index is 0.451. The van der Waals surface area contributed by atoms with Crippen LogP contribution in [0.2, 0.25) is 0 Å². The first-order chi connectivity index (χ1) is 7.25. The third-order valence-corrected chi connectivity index (χ3v) is 2.77. The molecule has 0 amide bonds. The molecule has 1 heterocycles. The SMILES string of the molecule is CC(C)C=NNc1nc2ccccc2s1. The Bertz CT molecular complexity index is 440. The highest BCUT2D eigenvalue weighted by Gasteiger charge is 2.00. The Labute approximate surface area is 92.8 Å². The van der Waals surface area contributed by atoms with E-state index in [0.29, 0.717) is 5.92 Å². The molecule has 2 rings (SSSR count). The van der Waals surface area contributed by atoms with Gasteiger partial charge in [-0.05, 0) is 18.1 Å². The maximum Gasteiger partial charge on any atom is 0.204 e. The molecule has 78 valence electrons. The van der Waals surface area contributed by atoms with Crippen LogP contribution in [-0.2, 0) is 0 Å². The lowest BCUT2D eigenvalue weighted by Gasteiger charge is -1.94. The molecule has 1 aromatic heterocycles. The number of hydrogen-bond acceptors (Lipinski definition) is 4. The minimum Gasteiger partial charge on any atom is -0.253 e. The van der Waals surface area contributed by atoms with Gasteiger partial charge in [0.25, 0.3) is 0 Å². The molecule has 0 unspecified atom stereocenters. The van der Waals surface area contributed by atoms with Crippen LogP contribution in [0.5, 0.6) is 0 Å². The molecule has 0 radical (unpaired) electrons. The van der Waals surface area contributed by atoms with E-state index in [1.165, 1.54) is 4.70 Å². The maximum absolute atomic E-state index is 4.40. The highest BCUT2D eigenvalue weighted by atomic mass is 32.1. The van der Waals surface area contributed by atoms with E-state index in [2.05, 4.69) is 35.4 Å². The molecular weight excluding hydrogens is 206 g/mol. The van der Waals surface area contributed by atoms with Gasteiger partial charge in [0, 0.05) is 6.21 Å². The number of rotatable bonds is 3. The van der Waals surface area contributed by atoms with Crippen molar-refractivity contribution in [3.05, 3.63) is 24.3 Å². The van der Waals surface area contributed by atoms with Crippen molar-refractivity contribution in [3.63, 3.8) is 0 Å². The molecule has 3 nitrogen and oxygen atoms in total. The van der Waals surface area contributed by atoms with Crippen molar-refractivity contribution in [1.82, 2.24) is 4.98 Å². The number of hydrogen-bond donors (Lipinski definition) is 1. The fourth-order valence-electron chi connectivity index (χ4n) is 1.16. The second-order valence-corrected chi connectivity index (χ2v) is 4.65. The van der Waals surface area contributed by atoms with Crippen LogP contribution in [0.25, 0.3) is 10.2 Å². The number of hydrazone groups is 1. The standard InChI is InChI=1S/C11H13N3S/c1-8(2)7-12-14-11-13-9-5-3-4-6-10(9)15-11/h3-8H,1-2H3,(H,13,14). The summed E-state index contributed by atoms with van der Waals surface area (Å²) in [6, 6.07) is 8.07. The number of fused-ring (bicyclic) bond motifs is 1. The van der Waals surface area contributed by atoms with E-state index in [1.807, 2.05) is 24.4 Å². The number of aromatic nitrogens is 1. The van der Waals surface area contributed by atoms with E-state index in [9.17, 15) is 0 Å². The quantitative estimate of drug-likeness (QED) is 0.635. The van der Waals surface area contributed by atoms with Crippen LogP contribution in [0, 0.1) is 5.92 Å². The molecule has 0 fully saturated rings. The third-order valence-electron chi connectivity index (χ3n) is 1.83. The summed E-state index contributed by atoms with van der Waals surface area (Å²) in [7, 11) is 0. The Morgan fingerprint density at radius 1 is 1.40 bits per heavy atom.